The average Bonchev–Trinajstić information content (AvgIpc) is 2.32. The molecule has 0 aliphatic heterocycles. The van der Waals surface area contributed by atoms with Crippen LogP contribution in [0.25, 0.3) is 0 Å². The van der Waals surface area contributed by atoms with Gasteiger partial charge in [-0.05, 0) is 31.5 Å². The topological polar surface area (TPSA) is 29.3 Å². The lowest BCUT2D eigenvalue weighted by Gasteiger charge is -2.36. The molecule has 2 unspecified atom stereocenters. The first-order chi connectivity index (χ1) is 8.18. The first-order valence-corrected chi connectivity index (χ1v) is 7.17. The molecule has 0 saturated heterocycles. The molecule has 1 aromatic rings. The summed E-state index contributed by atoms with van der Waals surface area (Å²) in [6.07, 6.45) is 5.02. The van der Waals surface area contributed by atoms with Crippen LogP contribution in [0.3, 0.4) is 0 Å². The van der Waals surface area contributed by atoms with Crippen molar-refractivity contribution in [3.63, 3.8) is 0 Å². The molecule has 2 nitrogen and oxygen atoms in total. The minimum atomic E-state index is 0.344. The van der Waals surface area contributed by atoms with Gasteiger partial charge in [0.1, 0.15) is 0 Å². The van der Waals surface area contributed by atoms with Gasteiger partial charge in [-0.1, -0.05) is 47.0 Å². The van der Waals surface area contributed by atoms with E-state index < -0.39 is 0 Å². The summed E-state index contributed by atoms with van der Waals surface area (Å²) >= 11 is 3.61. The number of halogens is 1. The Morgan fingerprint density at radius 2 is 2.00 bits per heavy atom. The van der Waals surface area contributed by atoms with Crippen molar-refractivity contribution in [3.05, 3.63) is 34.3 Å². The summed E-state index contributed by atoms with van der Waals surface area (Å²) in [6, 6.07) is 9.31. The predicted octanol–water partition coefficient (Wildman–Crippen LogP) is 3.15. The van der Waals surface area contributed by atoms with Crippen LogP contribution in [-0.2, 0) is 6.54 Å². The minimum Gasteiger partial charge on any atom is -0.326 e. The van der Waals surface area contributed by atoms with E-state index in [-0.39, 0.29) is 0 Å². The number of nitrogens with two attached hydrogens (primary N) is 1. The highest BCUT2D eigenvalue weighted by Crippen LogP contribution is 2.24. The van der Waals surface area contributed by atoms with Crippen molar-refractivity contribution >= 4 is 15.9 Å². The third-order valence-electron chi connectivity index (χ3n) is 3.73. The quantitative estimate of drug-likeness (QED) is 0.928. The SMILES string of the molecule is CN(Cc1ccccc1Br)C1CCCCC1N. The van der Waals surface area contributed by atoms with Gasteiger partial charge in [0.15, 0.2) is 0 Å². The first kappa shape index (κ1) is 13.1. The second-order valence-electron chi connectivity index (χ2n) is 5.02. The van der Waals surface area contributed by atoms with E-state index in [1.807, 2.05) is 0 Å². The standard InChI is InChI=1S/C14H21BrN2/c1-17(14-9-5-4-8-13(14)16)10-11-6-2-3-7-12(11)15/h2-3,6-7,13-14H,4-5,8-10,16H2,1H3. The fourth-order valence-corrected chi connectivity index (χ4v) is 3.11. The molecule has 1 aromatic carbocycles. The van der Waals surface area contributed by atoms with Gasteiger partial charge in [-0.3, -0.25) is 4.90 Å². The number of nitrogens with zero attached hydrogens (tertiary/aromatic N) is 1. The fraction of sp³-hybridized carbons (Fsp3) is 0.571. The lowest BCUT2D eigenvalue weighted by molar-refractivity contribution is 0.162. The van der Waals surface area contributed by atoms with E-state index >= 15 is 0 Å². The van der Waals surface area contributed by atoms with E-state index in [1.165, 1.54) is 35.7 Å². The summed E-state index contributed by atoms with van der Waals surface area (Å²) in [5.41, 5.74) is 7.56. The van der Waals surface area contributed by atoms with Crippen molar-refractivity contribution in [1.29, 1.82) is 0 Å². The van der Waals surface area contributed by atoms with Gasteiger partial charge in [0, 0.05) is 23.1 Å². The zero-order valence-corrected chi connectivity index (χ0v) is 12.0. The van der Waals surface area contributed by atoms with Crippen LogP contribution in [0.15, 0.2) is 28.7 Å². The van der Waals surface area contributed by atoms with Crippen LogP contribution < -0.4 is 5.73 Å². The van der Waals surface area contributed by atoms with Gasteiger partial charge < -0.3 is 5.73 Å². The van der Waals surface area contributed by atoms with Crippen molar-refractivity contribution in [3.8, 4) is 0 Å². The van der Waals surface area contributed by atoms with Gasteiger partial charge >= 0.3 is 0 Å². The van der Waals surface area contributed by atoms with Gasteiger partial charge in [0.2, 0.25) is 0 Å². The molecule has 1 saturated carbocycles. The third kappa shape index (κ3) is 3.30. The largest absolute Gasteiger partial charge is 0.326 e. The zero-order valence-electron chi connectivity index (χ0n) is 10.4. The normalized spacial score (nSPS) is 25.2. The van der Waals surface area contributed by atoms with Gasteiger partial charge in [-0.15, -0.1) is 0 Å². The van der Waals surface area contributed by atoms with E-state index in [4.69, 9.17) is 5.73 Å². The maximum Gasteiger partial charge on any atom is 0.0247 e. The maximum absolute atomic E-state index is 6.22. The van der Waals surface area contributed by atoms with Gasteiger partial charge in [0.05, 0.1) is 0 Å². The Kier molecular flexibility index (Phi) is 4.60. The molecule has 17 heavy (non-hydrogen) atoms. The molecule has 0 spiro atoms. The highest BCUT2D eigenvalue weighted by molar-refractivity contribution is 9.10. The highest BCUT2D eigenvalue weighted by Gasteiger charge is 2.25. The van der Waals surface area contributed by atoms with Crippen molar-refractivity contribution in [2.24, 2.45) is 5.73 Å². The molecule has 0 bridgehead atoms. The Morgan fingerprint density at radius 3 is 2.71 bits per heavy atom. The van der Waals surface area contributed by atoms with E-state index in [0.717, 1.165) is 6.54 Å². The molecular formula is C14H21BrN2. The van der Waals surface area contributed by atoms with E-state index in [9.17, 15) is 0 Å². The molecule has 1 aliphatic carbocycles. The van der Waals surface area contributed by atoms with Crippen LogP contribution in [0.4, 0.5) is 0 Å². The molecule has 0 aromatic heterocycles. The van der Waals surface area contributed by atoms with Crippen molar-refractivity contribution in [2.45, 2.75) is 44.3 Å². The molecule has 1 fully saturated rings. The zero-order chi connectivity index (χ0) is 12.3. The molecular weight excluding hydrogens is 276 g/mol. The third-order valence-corrected chi connectivity index (χ3v) is 4.50. The van der Waals surface area contributed by atoms with Crippen molar-refractivity contribution < 1.29 is 0 Å². The number of likely N-dealkylation sites (N-methyl/N-ethyl adjacent to an activating group) is 1. The molecule has 0 heterocycles. The molecule has 2 atom stereocenters. The maximum atomic E-state index is 6.22. The monoisotopic (exact) mass is 296 g/mol. The summed E-state index contributed by atoms with van der Waals surface area (Å²) < 4.78 is 1.19. The Bertz CT molecular complexity index is 367. The Balaban J connectivity index is 2.01. The number of hydrogen-bond acceptors (Lipinski definition) is 2. The number of benzene rings is 1. The lowest BCUT2D eigenvalue weighted by atomic mass is 9.90. The van der Waals surface area contributed by atoms with Crippen LogP contribution in [-0.4, -0.2) is 24.0 Å². The van der Waals surface area contributed by atoms with Crippen molar-refractivity contribution in [2.75, 3.05) is 7.05 Å². The van der Waals surface area contributed by atoms with Crippen LogP contribution in [0, 0.1) is 0 Å². The first-order valence-electron chi connectivity index (χ1n) is 6.37. The fourth-order valence-electron chi connectivity index (χ4n) is 2.70. The molecule has 1 aliphatic rings. The molecule has 2 rings (SSSR count). The molecule has 0 amide bonds. The summed E-state index contributed by atoms with van der Waals surface area (Å²) in [7, 11) is 2.19. The average molecular weight is 297 g/mol. The van der Waals surface area contributed by atoms with Gasteiger partial charge in [-0.25, -0.2) is 0 Å². The smallest absolute Gasteiger partial charge is 0.0247 e. The van der Waals surface area contributed by atoms with Crippen LogP contribution in [0.5, 0.6) is 0 Å². The highest BCUT2D eigenvalue weighted by atomic mass is 79.9. The van der Waals surface area contributed by atoms with Gasteiger partial charge in [-0.2, -0.15) is 0 Å². The summed E-state index contributed by atoms with van der Waals surface area (Å²) in [4.78, 5) is 2.41. The second kappa shape index (κ2) is 5.98. The van der Waals surface area contributed by atoms with E-state index in [0.29, 0.717) is 12.1 Å². The van der Waals surface area contributed by atoms with Crippen molar-refractivity contribution in [1.82, 2.24) is 4.90 Å². The van der Waals surface area contributed by atoms with Crippen LogP contribution >= 0.6 is 15.9 Å². The number of rotatable bonds is 3. The molecule has 0 radical (unpaired) electrons. The summed E-state index contributed by atoms with van der Waals surface area (Å²) in [5, 5.41) is 0. The summed E-state index contributed by atoms with van der Waals surface area (Å²) in [5.74, 6) is 0. The Morgan fingerprint density at radius 1 is 1.29 bits per heavy atom. The molecule has 3 heteroatoms. The minimum absolute atomic E-state index is 0.344. The van der Waals surface area contributed by atoms with Gasteiger partial charge in [0.25, 0.3) is 0 Å². The van der Waals surface area contributed by atoms with Crippen LogP contribution in [0.2, 0.25) is 0 Å². The molecule has 94 valence electrons. The molecule has 2 N–H and O–H groups in total. The van der Waals surface area contributed by atoms with E-state index in [1.54, 1.807) is 0 Å². The lowest BCUT2D eigenvalue weighted by Crippen LogP contribution is -2.47. The summed E-state index contributed by atoms with van der Waals surface area (Å²) in [6.45, 7) is 0.972. The Hall–Kier alpha value is -0.380. The van der Waals surface area contributed by atoms with Crippen LogP contribution in [0.1, 0.15) is 31.2 Å². The second-order valence-corrected chi connectivity index (χ2v) is 5.88. The van der Waals surface area contributed by atoms with E-state index in [2.05, 4.69) is 52.1 Å². The Labute approximate surface area is 112 Å². The predicted molar refractivity (Wildman–Crippen MR) is 75.8 cm³/mol. The number of hydrogen-bond donors (Lipinski definition) is 1.